The molecule has 0 saturated heterocycles. The SMILES string of the molecule is CCOC(=O)CCCCCCCCCCOc1ccc(N=Cc2ccc(N(CCCl)CCCl)cc2)cc1. The minimum Gasteiger partial charge on any atom is -0.494 e. The number of anilines is 1. The number of alkyl halides is 2. The van der Waals surface area contributed by atoms with Crippen molar-refractivity contribution in [3.05, 3.63) is 54.1 Å². The van der Waals surface area contributed by atoms with Gasteiger partial charge in [-0.25, -0.2) is 0 Å². The molecule has 5 nitrogen and oxygen atoms in total. The van der Waals surface area contributed by atoms with E-state index in [-0.39, 0.29) is 5.97 Å². The van der Waals surface area contributed by atoms with Crippen molar-refractivity contribution in [1.29, 1.82) is 0 Å². The molecule has 0 amide bonds. The summed E-state index contributed by atoms with van der Waals surface area (Å²) in [5, 5.41) is 0. The van der Waals surface area contributed by atoms with E-state index in [0.717, 1.165) is 61.6 Å². The summed E-state index contributed by atoms with van der Waals surface area (Å²) in [5.41, 5.74) is 3.05. The summed E-state index contributed by atoms with van der Waals surface area (Å²) in [6.45, 7) is 4.61. The van der Waals surface area contributed by atoms with Gasteiger partial charge in [-0.2, -0.15) is 0 Å². The fourth-order valence-corrected chi connectivity index (χ4v) is 4.39. The molecule has 7 heteroatoms. The van der Waals surface area contributed by atoms with Crippen molar-refractivity contribution in [1.82, 2.24) is 0 Å². The maximum absolute atomic E-state index is 11.3. The van der Waals surface area contributed by atoms with E-state index in [9.17, 15) is 4.79 Å². The zero-order chi connectivity index (χ0) is 26.6. The lowest BCUT2D eigenvalue weighted by Crippen LogP contribution is -2.27. The highest BCUT2D eigenvalue weighted by molar-refractivity contribution is 6.18. The molecule has 2 aromatic carbocycles. The maximum Gasteiger partial charge on any atom is 0.305 e. The summed E-state index contributed by atoms with van der Waals surface area (Å²) < 4.78 is 10.8. The normalized spacial score (nSPS) is 11.1. The van der Waals surface area contributed by atoms with E-state index in [2.05, 4.69) is 34.2 Å². The minimum absolute atomic E-state index is 0.0690. The van der Waals surface area contributed by atoms with Crippen LogP contribution in [0, 0.1) is 0 Å². The maximum atomic E-state index is 11.3. The molecule has 0 aliphatic carbocycles. The molecule has 0 saturated carbocycles. The second kappa shape index (κ2) is 19.8. The predicted molar refractivity (Wildman–Crippen MR) is 157 cm³/mol. The Kier molecular flexibility index (Phi) is 16.6. The summed E-state index contributed by atoms with van der Waals surface area (Å²) in [5.74, 6) is 1.95. The highest BCUT2D eigenvalue weighted by Crippen LogP contribution is 2.20. The molecule has 0 aliphatic heterocycles. The quantitative estimate of drug-likeness (QED) is 0.0724. The summed E-state index contributed by atoms with van der Waals surface area (Å²) >= 11 is 11.8. The lowest BCUT2D eigenvalue weighted by molar-refractivity contribution is -0.143. The largest absolute Gasteiger partial charge is 0.494 e. The fraction of sp³-hybridized carbons (Fsp3) is 0.533. The first-order valence-electron chi connectivity index (χ1n) is 13.6. The molecule has 0 N–H and O–H groups in total. The highest BCUT2D eigenvalue weighted by Gasteiger charge is 2.05. The molecule has 0 radical (unpaired) electrons. The van der Waals surface area contributed by atoms with Crippen molar-refractivity contribution in [3.8, 4) is 5.75 Å². The monoisotopic (exact) mass is 548 g/mol. The molecular formula is C30H42Cl2N2O3. The van der Waals surface area contributed by atoms with Gasteiger partial charge in [-0.05, 0) is 61.7 Å². The number of carbonyl (C=O) groups excluding carboxylic acids is 1. The zero-order valence-corrected chi connectivity index (χ0v) is 23.7. The number of hydrogen-bond acceptors (Lipinski definition) is 5. The van der Waals surface area contributed by atoms with Gasteiger partial charge in [0.2, 0.25) is 0 Å². The Morgan fingerprint density at radius 2 is 1.43 bits per heavy atom. The van der Waals surface area contributed by atoms with Gasteiger partial charge in [0.1, 0.15) is 5.75 Å². The molecule has 0 unspecified atom stereocenters. The molecule has 0 fully saturated rings. The second-order valence-corrected chi connectivity index (χ2v) is 9.70. The average Bonchev–Trinajstić information content (AvgIpc) is 2.91. The molecule has 0 aliphatic rings. The van der Waals surface area contributed by atoms with E-state index in [4.69, 9.17) is 32.7 Å². The standard InChI is InChI=1S/C30H42Cl2N2O3/c1-2-36-30(35)11-9-7-5-3-4-6-8-10-24-37-29-18-14-27(15-19-29)33-25-26-12-16-28(17-13-26)34(22-20-31)23-21-32/h12-19,25H,2-11,20-24H2,1H3. The van der Waals surface area contributed by atoms with Crippen LogP contribution in [0.2, 0.25) is 0 Å². The van der Waals surface area contributed by atoms with Crippen LogP contribution in [0.5, 0.6) is 5.75 Å². The number of unbranched alkanes of at least 4 members (excludes halogenated alkanes) is 7. The number of hydrogen-bond donors (Lipinski definition) is 0. The van der Waals surface area contributed by atoms with Crippen molar-refractivity contribution in [3.63, 3.8) is 0 Å². The summed E-state index contributed by atoms with van der Waals surface area (Å²) in [4.78, 5) is 18.0. The number of carbonyl (C=O) groups is 1. The first-order valence-corrected chi connectivity index (χ1v) is 14.6. The molecule has 0 atom stereocenters. The molecule has 2 aromatic rings. The van der Waals surface area contributed by atoms with Crippen molar-refractivity contribution < 1.29 is 14.3 Å². The number of aliphatic imine (C=N–C) groups is 1. The van der Waals surface area contributed by atoms with Crippen molar-refractivity contribution >= 4 is 46.8 Å². The van der Waals surface area contributed by atoms with Gasteiger partial charge < -0.3 is 14.4 Å². The van der Waals surface area contributed by atoms with Crippen LogP contribution in [0.25, 0.3) is 0 Å². The van der Waals surface area contributed by atoms with E-state index in [1.54, 1.807) is 0 Å². The van der Waals surface area contributed by atoms with Gasteiger partial charge in [0.15, 0.2) is 0 Å². The Balaban J connectivity index is 1.58. The van der Waals surface area contributed by atoms with E-state index >= 15 is 0 Å². The van der Waals surface area contributed by atoms with Crippen molar-refractivity contribution in [2.45, 2.75) is 64.7 Å². The number of nitrogens with zero attached hydrogens (tertiary/aromatic N) is 2. The van der Waals surface area contributed by atoms with Crippen LogP contribution >= 0.6 is 23.2 Å². The molecular weight excluding hydrogens is 507 g/mol. The van der Waals surface area contributed by atoms with E-state index < -0.39 is 0 Å². The van der Waals surface area contributed by atoms with Crippen LogP contribution in [-0.2, 0) is 9.53 Å². The Labute approximate surface area is 233 Å². The van der Waals surface area contributed by atoms with E-state index in [1.165, 1.54) is 32.1 Å². The van der Waals surface area contributed by atoms with Gasteiger partial charge >= 0.3 is 5.97 Å². The van der Waals surface area contributed by atoms with Crippen LogP contribution in [0.1, 0.15) is 70.3 Å². The Bertz CT molecular complexity index is 883. The molecule has 0 aromatic heterocycles. The van der Waals surface area contributed by atoms with Crippen LogP contribution in [-0.4, -0.2) is 50.2 Å². The minimum atomic E-state index is -0.0690. The topological polar surface area (TPSA) is 51.1 Å². The van der Waals surface area contributed by atoms with Gasteiger partial charge in [0.05, 0.1) is 18.9 Å². The first kappa shape index (κ1) is 31.0. The van der Waals surface area contributed by atoms with Gasteiger partial charge in [-0.3, -0.25) is 9.79 Å². The average molecular weight is 550 g/mol. The van der Waals surface area contributed by atoms with Crippen LogP contribution in [0.4, 0.5) is 11.4 Å². The van der Waals surface area contributed by atoms with Gasteiger partial charge in [-0.1, -0.05) is 50.7 Å². The lowest BCUT2D eigenvalue weighted by Gasteiger charge is -2.22. The number of ether oxygens (including phenoxy) is 2. The molecule has 0 bridgehead atoms. The fourth-order valence-electron chi connectivity index (χ4n) is 3.98. The second-order valence-electron chi connectivity index (χ2n) is 8.94. The smallest absolute Gasteiger partial charge is 0.305 e. The third-order valence-corrected chi connectivity index (χ3v) is 6.35. The predicted octanol–water partition coefficient (Wildman–Crippen LogP) is 8.17. The van der Waals surface area contributed by atoms with Crippen LogP contribution < -0.4 is 9.64 Å². The van der Waals surface area contributed by atoms with Gasteiger partial charge in [-0.15, -0.1) is 23.2 Å². The number of benzene rings is 2. The molecule has 2 rings (SSSR count). The third-order valence-electron chi connectivity index (χ3n) is 6.02. The Hall–Kier alpha value is -2.24. The Morgan fingerprint density at radius 3 is 2.03 bits per heavy atom. The zero-order valence-electron chi connectivity index (χ0n) is 22.2. The number of halogens is 2. The van der Waals surface area contributed by atoms with Gasteiger partial charge in [0.25, 0.3) is 0 Å². The molecule has 0 heterocycles. The van der Waals surface area contributed by atoms with E-state index in [0.29, 0.717) is 24.8 Å². The van der Waals surface area contributed by atoms with Gasteiger partial charge in [0, 0.05) is 43.2 Å². The van der Waals surface area contributed by atoms with Crippen molar-refractivity contribution in [2.75, 3.05) is 43.0 Å². The summed E-state index contributed by atoms with van der Waals surface area (Å²) in [6.07, 6.45) is 11.6. The summed E-state index contributed by atoms with van der Waals surface area (Å²) in [6, 6.07) is 16.2. The summed E-state index contributed by atoms with van der Waals surface area (Å²) in [7, 11) is 0. The van der Waals surface area contributed by atoms with Crippen LogP contribution in [0.3, 0.4) is 0 Å². The number of esters is 1. The molecule has 0 spiro atoms. The van der Waals surface area contributed by atoms with E-state index in [1.807, 2.05) is 37.4 Å². The highest BCUT2D eigenvalue weighted by atomic mass is 35.5. The lowest BCUT2D eigenvalue weighted by atomic mass is 10.1. The third kappa shape index (κ3) is 13.8. The molecule has 37 heavy (non-hydrogen) atoms. The molecule has 204 valence electrons. The Morgan fingerprint density at radius 1 is 0.838 bits per heavy atom. The first-order chi connectivity index (χ1) is 18.2. The van der Waals surface area contributed by atoms with Crippen molar-refractivity contribution in [2.24, 2.45) is 4.99 Å². The number of rotatable bonds is 20. The van der Waals surface area contributed by atoms with Crippen LogP contribution in [0.15, 0.2) is 53.5 Å².